The van der Waals surface area contributed by atoms with E-state index in [2.05, 4.69) is 4.74 Å². The average molecular weight is 200 g/mol. The Kier molecular flexibility index (Phi) is 4.11. The van der Waals surface area contributed by atoms with Crippen molar-refractivity contribution in [1.82, 2.24) is 0 Å². The van der Waals surface area contributed by atoms with Crippen LogP contribution in [0.1, 0.15) is 13.3 Å². The largest absolute Gasteiger partial charge is 0.466 e. The molecule has 0 radical (unpaired) electrons. The van der Waals surface area contributed by atoms with E-state index in [1.54, 1.807) is 0 Å². The first-order valence-electron chi connectivity index (χ1n) is 3.07. The van der Waals surface area contributed by atoms with Crippen molar-refractivity contribution < 1.29 is 26.9 Å². The molecule has 0 saturated heterocycles. The molecule has 0 spiro atoms. The first kappa shape index (κ1) is 11.3. The minimum absolute atomic E-state index is 0.365. The van der Waals surface area contributed by atoms with Gasteiger partial charge in [-0.2, -0.15) is 8.42 Å². The lowest BCUT2D eigenvalue weighted by Gasteiger charge is -2.03. The number of hydrogen-bond acceptors (Lipinski definition) is 4. The van der Waals surface area contributed by atoms with E-state index in [4.69, 9.17) is 4.55 Å². The summed E-state index contributed by atoms with van der Waals surface area (Å²) < 4.78 is 44.8. The second-order valence-corrected chi connectivity index (χ2v) is 3.60. The molecule has 0 heterocycles. The van der Waals surface area contributed by atoms with Gasteiger partial charge in [0.15, 0.2) is 0 Å². The molecular weight excluding hydrogens is 191 g/mol. The van der Waals surface area contributed by atoms with Crippen LogP contribution in [0.3, 0.4) is 0 Å². The minimum Gasteiger partial charge on any atom is -0.466 e. The highest BCUT2D eigenvalue weighted by atomic mass is 32.2. The molecule has 0 amide bonds. The van der Waals surface area contributed by atoms with Gasteiger partial charge in [0.2, 0.25) is 5.50 Å². The van der Waals surface area contributed by atoms with E-state index >= 15 is 0 Å². The zero-order valence-electron chi connectivity index (χ0n) is 6.36. The number of carbonyl (C=O) groups excluding carboxylic acids is 1. The van der Waals surface area contributed by atoms with E-state index in [1.807, 2.05) is 0 Å². The monoisotopic (exact) mass is 200 g/mol. The van der Waals surface area contributed by atoms with Crippen LogP contribution in [0.2, 0.25) is 0 Å². The molecule has 0 aromatic rings. The number of hydrogen-bond donors (Lipinski definition) is 1. The van der Waals surface area contributed by atoms with Gasteiger partial charge in [-0.1, -0.05) is 0 Å². The molecule has 0 aliphatic carbocycles. The number of carbonyl (C=O) groups is 1. The number of halogens is 1. The maximum absolute atomic E-state index is 12.3. The maximum Gasteiger partial charge on any atom is 0.302 e. The van der Waals surface area contributed by atoms with Crippen molar-refractivity contribution in [3.05, 3.63) is 0 Å². The lowest BCUT2D eigenvalue weighted by molar-refractivity contribution is -0.141. The van der Waals surface area contributed by atoms with Gasteiger partial charge >= 0.3 is 5.97 Å². The summed E-state index contributed by atoms with van der Waals surface area (Å²) in [6, 6.07) is 0. The molecule has 5 nitrogen and oxygen atoms in total. The van der Waals surface area contributed by atoms with Crippen molar-refractivity contribution in [3.8, 4) is 0 Å². The van der Waals surface area contributed by atoms with Gasteiger partial charge < -0.3 is 4.74 Å². The normalized spacial score (nSPS) is 13.9. The van der Waals surface area contributed by atoms with Crippen LogP contribution in [0.5, 0.6) is 0 Å². The molecule has 1 atom stereocenters. The molecule has 0 aromatic carbocycles. The zero-order valence-corrected chi connectivity index (χ0v) is 7.17. The van der Waals surface area contributed by atoms with E-state index in [0.29, 0.717) is 0 Å². The minimum atomic E-state index is -4.66. The van der Waals surface area contributed by atoms with E-state index in [0.717, 1.165) is 6.92 Å². The molecule has 7 heteroatoms. The lowest BCUT2D eigenvalue weighted by Crippen LogP contribution is -2.17. The summed E-state index contributed by atoms with van der Waals surface area (Å²) in [5.74, 6) is -0.627. The van der Waals surface area contributed by atoms with Crippen molar-refractivity contribution in [2.24, 2.45) is 0 Å². The van der Waals surface area contributed by atoms with E-state index in [1.165, 1.54) is 0 Å². The Bertz CT molecular complexity index is 247. The van der Waals surface area contributed by atoms with Crippen molar-refractivity contribution in [2.45, 2.75) is 18.8 Å². The fraction of sp³-hybridized carbons (Fsp3) is 0.800. The van der Waals surface area contributed by atoms with E-state index in [-0.39, 0.29) is 6.61 Å². The topological polar surface area (TPSA) is 80.7 Å². The number of alkyl halides is 1. The van der Waals surface area contributed by atoms with Crippen LogP contribution in [-0.2, 0) is 19.6 Å². The smallest absolute Gasteiger partial charge is 0.302 e. The van der Waals surface area contributed by atoms with Crippen LogP contribution in [0.25, 0.3) is 0 Å². The Hall–Kier alpha value is -0.690. The highest BCUT2D eigenvalue weighted by Gasteiger charge is 2.21. The van der Waals surface area contributed by atoms with Gasteiger partial charge in [0.05, 0.1) is 6.61 Å². The third-order valence-corrected chi connectivity index (χ3v) is 1.86. The zero-order chi connectivity index (χ0) is 9.78. The number of rotatable bonds is 4. The van der Waals surface area contributed by atoms with Gasteiger partial charge in [-0.05, 0) is 0 Å². The van der Waals surface area contributed by atoms with Crippen molar-refractivity contribution in [2.75, 3.05) is 6.61 Å². The molecule has 0 aromatic heterocycles. The Balaban J connectivity index is 3.73. The number of esters is 1. The van der Waals surface area contributed by atoms with E-state index < -0.39 is 28.0 Å². The Morgan fingerprint density at radius 3 is 2.50 bits per heavy atom. The van der Waals surface area contributed by atoms with Gasteiger partial charge in [0, 0.05) is 13.3 Å². The van der Waals surface area contributed by atoms with E-state index in [9.17, 15) is 17.6 Å². The summed E-state index contributed by atoms with van der Waals surface area (Å²) in [5.41, 5.74) is -2.39. The Morgan fingerprint density at radius 1 is 1.67 bits per heavy atom. The van der Waals surface area contributed by atoms with Gasteiger partial charge in [-0.3, -0.25) is 9.35 Å². The number of ether oxygens (including phenoxy) is 1. The van der Waals surface area contributed by atoms with Crippen LogP contribution in [0.15, 0.2) is 0 Å². The molecule has 0 aliphatic rings. The molecule has 72 valence electrons. The summed E-state index contributed by atoms with van der Waals surface area (Å²) in [7, 11) is -4.66. The first-order valence-corrected chi connectivity index (χ1v) is 4.58. The van der Waals surface area contributed by atoms with Crippen molar-refractivity contribution in [3.63, 3.8) is 0 Å². The SMILES string of the molecule is CC(=O)OCCC(F)S(=O)(=O)O. The molecule has 0 saturated carbocycles. The first-order chi connectivity index (χ1) is 5.34. The summed E-state index contributed by atoms with van der Waals surface area (Å²) in [6.45, 7) is 0.747. The summed E-state index contributed by atoms with van der Waals surface area (Å²) >= 11 is 0. The molecular formula is C5H9FO5S. The van der Waals surface area contributed by atoms with Crippen molar-refractivity contribution in [1.29, 1.82) is 0 Å². The third kappa shape index (κ3) is 5.03. The van der Waals surface area contributed by atoms with Crippen LogP contribution < -0.4 is 0 Å². The fourth-order valence-electron chi connectivity index (χ4n) is 0.444. The highest BCUT2D eigenvalue weighted by Crippen LogP contribution is 2.05. The Morgan fingerprint density at radius 2 is 2.17 bits per heavy atom. The predicted molar refractivity (Wildman–Crippen MR) is 37.7 cm³/mol. The second-order valence-electron chi connectivity index (χ2n) is 2.05. The lowest BCUT2D eigenvalue weighted by atomic mass is 10.5. The third-order valence-electron chi connectivity index (χ3n) is 0.973. The summed E-state index contributed by atoms with van der Waals surface area (Å²) in [5, 5.41) is 0. The molecule has 1 N–H and O–H groups in total. The average Bonchev–Trinajstić information content (AvgIpc) is 1.84. The van der Waals surface area contributed by atoms with Crippen LogP contribution in [0.4, 0.5) is 4.39 Å². The second kappa shape index (κ2) is 4.36. The van der Waals surface area contributed by atoms with Gasteiger partial charge in [0.25, 0.3) is 10.1 Å². The van der Waals surface area contributed by atoms with Gasteiger partial charge in [-0.25, -0.2) is 4.39 Å². The quantitative estimate of drug-likeness (QED) is 0.515. The fourth-order valence-corrected chi connectivity index (χ4v) is 0.838. The molecule has 12 heavy (non-hydrogen) atoms. The summed E-state index contributed by atoms with van der Waals surface area (Å²) in [6.07, 6.45) is -0.557. The highest BCUT2D eigenvalue weighted by molar-refractivity contribution is 7.86. The summed E-state index contributed by atoms with van der Waals surface area (Å²) in [4.78, 5) is 10.1. The molecule has 0 rings (SSSR count). The van der Waals surface area contributed by atoms with Crippen LogP contribution in [-0.4, -0.2) is 31.1 Å². The van der Waals surface area contributed by atoms with Crippen molar-refractivity contribution >= 4 is 16.1 Å². The molecule has 0 aliphatic heterocycles. The molecule has 0 bridgehead atoms. The molecule has 1 unspecified atom stereocenters. The predicted octanol–water partition coefficient (Wildman–Crippen LogP) is 0.123. The van der Waals surface area contributed by atoms with Gasteiger partial charge in [0.1, 0.15) is 0 Å². The standard InChI is InChI=1S/C5H9FO5S/c1-4(7)11-3-2-5(6)12(8,9)10/h5H,2-3H2,1H3,(H,8,9,10). The van der Waals surface area contributed by atoms with Gasteiger partial charge in [-0.15, -0.1) is 0 Å². The van der Waals surface area contributed by atoms with Crippen LogP contribution in [0, 0.1) is 0 Å². The molecule has 0 fully saturated rings. The Labute approximate surface area is 69.3 Å². The maximum atomic E-state index is 12.3. The van der Waals surface area contributed by atoms with Crippen LogP contribution >= 0.6 is 0 Å².